The maximum atomic E-state index is 4.44. The molecule has 16 heavy (non-hydrogen) atoms. The smallest absolute Gasteiger partial charge is 0.106 e. The van der Waals surface area contributed by atoms with E-state index in [0.29, 0.717) is 0 Å². The van der Waals surface area contributed by atoms with Crippen molar-refractivity contribution >= 4 is 15.9 Å². The highest BCUT2D eigenvalue weighted by molar-refractivity contribution is 9.10. The molecule has 0 fully saturated rings. The number of benzene rings is 1. The summed E-state index contributed by atoms with van der Waals surface area (Å²) >= 11 is 3.39. The van der Waals surface area contributed by atoms with Crippen molar-refractivity contribution in [3.63, 3.8) is 0 Å². The van der Waals surface area contributed by atoms with Crippen molar-refractivity contribution in [2.75, 3.05) is 0 Å². The Kier molecular flexibility index (Phi) is 3.73. The van der Waals surface area contributed by atoms with Crippen molar-refractivity contribution in [1.82, 2.24) is 4.98 Å². The van der Waals surface area contributed by atoms with E-state index in [4.69, 9.17) is 0 Å². The van der Waals surface area contributed by atoms with E-state index >= 15 is 0 Å². The van der Waals surface area contributed by atoms with E-state index in [9.17, 15) is 0 Å². The quantitative estimate of drug-likeness (QED) is 0.754. The summed E-state index contributed by atoms with van der Waals surface area (Å²) in [5.74, 6) is 0. The maximum Gasteiger partial charge on any atom is 0.106 e. The highest BCUT2D eigenvalue weighted by Gasteiger charge is 1.99. The Bertz CT molecular complexity index is 462. The van der Waals surface area contributed by atoms with Gasteiger partial charge in [-0.3, -0.25) is 0 Å². The van der Waals surface area contributed by atoms with E-state index in [-0.39, 0.29) is 0 Å². The summed E-state index contributed by atoms with van der Waals surface area (Å²) in [6.45, 7) is 2.20. The van der Waals surface area contributed by atoms with Crippen molar-refractivity contribution in [3.05, 3.63) is 52.6 Å². The van der Waals surface area contributed by atoms with Gasteiger partial charge in [-0.25, -0.2) is 4.98 Å². The number of aryl methyl sites for hydroxylation is 1. The third-order valence-electron chi connectivity index (χ3n) is 2.50. The summed E-state index contributed by atoms with van der Waals surface area (Å²) in [6, 6.07) is 14.6. The molecule has 0 saturated heterocycles. The Morgan fingerprint density at radius 3 is 2.44 bits per heavy atom. The summed E-state index contributed by atoms with van der Waals surface area (Å²) in [6.07, 6.45) is 2.33. The monoisotopic (exact) mass is 275 g/mol. The molecule has 2 aromatic rings. The molecule has 1 aromatic carbocycles. The average Bonchev–Trinajstić information content (AvgIpc) is 2.30. The van der Waals surface area contributed by atoms with Crippen molar-refractivity contribution < 1.29 is 0 Å². The van der Waals surface area contributed by atoms with Gasteiger partial charge >= 0.3 is 0 Å². The van der Waals surface area contributed by atoms with Crippen LogP contribution < -0.4 is 0 Å². The molecule has 1 nitrogen and oxygen atoms in total. The topological polar surface area (TPSA) is 12.9 Å². The molecule has 0 bridgehead atoms. The molecule has 0 amide bonds. The maximum absolute atomic E-state index is 4.44. The number of pyridine rings is 1. The number of aromatic nitrogens is 1. The van der Waals surface area contributed by atoms with E-state index in [0.717, 1.165) is 16.7 Å². The summed E-state index contributed by atoms with van der Waals surface area (Å²) < 4.78 is 0.877. The molecule has 82 valence electrons. The number of hydrogen-bond acceptors (Lipinski definition) is 1. The van der Waals surface area contributed by atoms with Gasteiger partial charge in [0.1, 0.15) is 4.60 Å². The molecule has 2 rings (SSSR count). The van der Waals surface area contributed by atoms with Gasteiger partial charge in [-0.1, -0.05) is 43.7 Å². The Morgan fingerprint density at radius 1 is 1.06 bits per heavy atom. The lowest BCUT2D eigenvalue weighted by molar-refractivity contribution is 0.922. The lowest BCUT2D eigenvalue weighted by atomic mass is 10.1. The number of halogens is 1. The van der Waals surface area contributed by atoms with Gasteiger partial charge in [-0.15, -0.1) is 0 Å². The van der Waals surface area contributed by atoms with Gasteiger partial charge < -0.3 is 0 Å². The normalized spacial score (nSPS) is 10.4. The predicted molar refractivity (Wildman–Crippen MR) is 71.4 cm³/mol. The molecule has 1 aromatic heterocycles. The van der Waals surface area contributed by atoms with Crippen molar-refractivity contribution in [2.24, 2.45) is 0 Å². The Balaban J connectivity index is 2.27. The van der Waals surface area contributed by atoms with Gasteiger partial charge in [0.25, 0.3) is 0 Å². The molecule has 1 heterocycles. The van der Waals surface area contributed by atoms with Crippen LogP contribution in [0.1, 0.15) is 18.9 Å². The van der Waals surface area contributed by atoms with Crippen LogP contribution in [-0.2, 0) is 6.42 Å². The fourth-order valence-corrected chi connectivity index (χ4v) is 2.04. The van der Waals surface area contributed by atoms with Crippen LogP contribution in [0.15, 0.2) is 47.1 Å². The Hall–Kier alpha value is -1.15. The lowest BCUT2D eigenvalue weighted by Gasteiger charge is -2.03. The Morgan fingerprint density at radius 2 is 1.81 bits per heavy atom. The molecule has 0 aliphatic carbocycles. The van der Waals surface area contributed by atoms with Crippen LogP contribution >= 0.6 is 15.9 Å². The second-order valence-corrected chi connectivity index (χ2v) is 4.60. The summed E-state index contributed by atoms with van der Waals surface area (Å²) in [5.41, 5.74) is 3.57. The molecule has 0 saturated carbocycles. The highest BCUT2D eigenvalue weighted by atomic mass is 79.9. The van der Waals surface area contributed by atoms with E-state index in [1.54, 1.807) is 0 Å². The summed E-state index contributed by atoms with van der Waals surface area (Å²) in [5, 5.41) is 0. The van der Waals surface area contributed by atoms with Crippen LogP contribution in [-0.4, -0.2) is 4.98 Å². The SMILES string of the molecule is CCCc1ccc(-c2cccc(Br)n2)cc1. The standard InChI is InChI=1S/C14H14BrN/c1-2-4-11-7-9-12(10-8-11)13-5-3-6-14(15)16-13/h3,5-10H,2,4H2,1H3. The van der Waals surface area contributed by atoms with Gasteiger partial charge in [0.05, 0.1) is 5.69 Å². The third-order valence-corrected chi connectivity index (χ3v) is 2.95. The van der Waals surface area contributed by atoms with Crippen molar-refractivity contribution in [1.29, 1.82) is 0 Å². The van der Waals surface area contributed by atoms with E-state index in [1.165, 1.54) is 17.5 Å². The van der Waals surface area contributed by atoms with Crippen LogP contribution in [0, 0.1) is 0 Å². The molecule has 0 aliphatic rings. The minimum Gasteiger partial charge on any atom is -0.241 e. The first kappa shape index (κ1) is 11.3. The summed E-state index contributed by atoms with van der Waals surface area (Å²) in [7, 11) is 0. The van der Waals surface area contributed by atoms with E-state index in [1.807, 2.05) is 18.2 Å². The first-order valence-corrected chi connectivity index (χ1v) is 6.31. The van der Waals surface area contributed by atoms with Crippen LogP contribution in [0.25, 0.3) is 11.3 Å². The first-order chi connectivity index (χ1) is 7.79. The molecule has 0 N–H and O–H groups in total. The highest BCUT2D eigenvalue weighted by Crippen LogP contribution is 2.19. The molecular weight excluding hydrogens is 262 g/mol. The van der Waals surface area contributed by atoms with Gasteiger partial charge in [0, 0.05) is 5.56 Å². The largest absolute Gasteiger partial charge is 0.241 e. The Labute approximate surface area is 105 Å². The molecule has 0 spiro atoms. The zero-order chi connectivity index (χ0) is 11.4. The van der Waals surface area contributed by atoms with E-state index in [2.05, 4.69) is 52.1 Å². The van der Waals surface area contributed by atoms with Gasteiger partial charge in [-0.2, -0.15) is 0 Å². The van der Waals surface area contributed by atoms with Crippen molar-refractivity contribution in [2.45, 2.75) is 19.8 Å². The molecule has 0 atom stereocenters. The first-order valence-electron chi connectivity index (χ1n) is 5.51. The van der Waals surface area contributed by atoms with Crippen LogP contribution in [0.4, 0.5) is 0 Å². The number of nitrogens with zero attached hydrogens (tertiary/aromatic N) is 1. The third kappa shape index (κ3) is 2.70. The average molecular weight is 276 g/mol. The van der Waals surface area contributed by atoms with Crippen LogP contribution in [0.2, 0.25) is 0 Å². The molecule has 0 aliphatic heterocycles. The minimum absolute atomic E-state index is 0.877. The zero-order valence-corrected chi connectivity index (χ0v) is 10.9. The van der Waals surface area contributed by atoms with Crippen LogP contribution in [0.3, 0.4) is 0 Å². The second kappa shape index (κ2) is 5.26. The van der Waals surface area contributed by atoms with E-state index < -0.39 is 0 Å². The van der Waals surface area contributed by atoms with Crippen molar-refractivity contribution in [3.8, 4) is 11.3 Å². The predicted octanol–water partition coefficient (Wildman–Crippen LogP) is 4.46. The second-order valence-electron chi connectivity index (χ2n) is 3.79. The minimum atomic E-state index is 0.877. The number of hydrogen-bond donors (Lipinski definition) is 0. The molecule has 0 radical (unpaired) electrons. The number of rotatable bonds is 3. The fraction of sp³-hybridized carbons (Fsp3) is 0.214. The fourth-order valence-electron chi connectivity index (χ4n) is 1.70. The molecule has 0 unspecified atom stereocenters. The summed E-state index contributed by atoms with van der Waals surface area (Å²) in [4.78, 5) is 4.44. The van der Waals surface area contributed by atoms with Gasteiger partial charge in [-0.05, 0) is 40.0 Å². The zero-order valence-electron chi connectivity index (χ0n) is 9.28. The van der Waals surface area contributed by atoms with Gasteiger partial charge in [0.2, 0.25) is 0 Å². The van der Waals surface area contributed by atoms with Gasteiger partial charge in [0.15, 0.2) is 0 Å². The molecular formula is C14H14BrN. The van der Waals surface area contributed by atoms with Crippen LogP contribution in [0.5, 0.6) is 0 Å². The molecule has 2 heteroatoms. The lowest BCUT2D eigenvalue weighted by Crippen LogP contribution is -1.86.